The first-order valence-electron chi connectivity index (χ1n) is 6.39. The van der Waals surface area contributed by atoms with Crippen LogP contribution in [-0.2, 0) is 12.3 Å². The van der Waals surface area contributed by atoms with E-state index in [1.54, 1.807) is 11.3 Å². The number of rotatable bonds is 5. The lowest BCUT2D eigenvalue weighted by Crippen LogP contribution is -2.34. The molecule has 0 amide bonds. The van der Waals surface area contributed by atoms with Crippen molar-refractivity contribution in [1.29, 1.82) is 0 Å². The highest BCUT2D eigenvalue weighted by atomic mass is 32.2. The van der Waals surface area contributed by atoms with Gasteiger partial charge >= 0.3 is 0 Å². The van der Waals surface area contributed by atoms with Crippen LogP contribution in [0.5, 0.6) is 0 Å². The second kappa shape index (κ2) is 6.55. The van der Waals surface area contributed by atoms with Crippen molar-refractivity contribution in [2.24, 2.45) is 0 Å². The topological polar surface area (TPSA) is 24.9 Å². The summed E-state index contributed by atoms with van der Waals surface area (Å²) in [6.07, 6.45) is 1.99. The van der Waals surface area contributed by atoms with E-state index in [4.69, 9.17) is 0 Å². The third-order valence-electron chi connectivity index (χ3n) is 2.50. The van der Waals surface area contributed by atoms with Gasteiger partial charge in [-0.05, 0) is 32.9 Å². The van der Waals surface area contributed by atoms with Crippen molar-refractivity contribution >= 4 is 23.1 Å². The van der Waals surface area contributed by atoms with Crippen LogP contribution in [0, 0.1) is 0 Å². The Balaban J connectivity index is 1.84. The Labute approximate surface area is 123 Å². The molecule has 0 aliphatic heterocycles. The highest BCUT2D eigenvalue weighted by molar-refractivity contribution is 7.98. The summed E-state index contributed by atoms with van der Waals surface area (Å²) in [6.45, 7) is 7.44. The molecular weight excluding hydrogens is 272 g/mol. The fourth-order valence-electron chi connectivity index (χ4n) is 1.51. The van der Waals surface area contributed by atoms with Crippen LogP contribution >= 0.6 is 23.1 Å². The Morgan fingerprint density at radius 3 is 2.63 bits per heavy atom. The summed E-state index contributed by atoms with van der Waals surface area (Å²) in [5.74, 6) is 0.949. The van der Waals surface area contributed by atoms with Gasteiger partial charge in [-0.3, -0.25) is 0 Å². The van der Waals surface area contributed by atoms with Gasteiger partial charge in [0.2, 0.25) is 0 Å². The summed E-state index contributed by atoms with van der Waals surface area (Å²) in [5.41, 5.74) is 0.156. The predicted molar refractivity (Wildman–Crippen MR) is 84.7 cm³/mol. The van der Waals surface area contributed by atoms with Gasteiger partial charge in [0.25, 0.3) is 0 Å². The zero-order valence-electron chi connectivity index (χ0n) is 11.6. The quantitative estimate of drug-likeness (QED) is 0.831. The number of thioether (sulfide) groups is 1. The van der Waals surface area contributed by atoms with Gasteiger partial charge in [-0.2, -0.15) is 0 Å². The molecule has 0 saturated carbocycles. The number of nitrogens with zero attached hydrogens (tertiary/aromatic N) is 1. The smallest absolute Gasteiger partial charge is 0.103 e. The van der Waals surface area contributed by atoms with Crippen LogP contribution in [0.15, 0.2) is 41.4 Å². The highest BCUT2D eigenvalue weighted by Crippen LogP contribution is 2.25. The van der Waals surface area contributed by atoms with Crippen LogP contribution < -0.4 is 5.32 Å². The molecule has 0 atom stereocenters. The van der Waals surface area contributed by atoms with E-state index in [0.29, 0.717) is 0 Å². The number of benzene rings is 1. The van der Waals surface area contributed by atoms with Gasteiger partial charge in [0.05, 0.1) is 5.75 Å². The minimum Gasteiger partial charge on any atom is -0.307 e. The third-order valence-corrected chi connectivity index (χ3v) is 4.70. The molecule has 0 bridgehead atoms. The van der Waals surface area contributed by atoms with Gasteiger partial charge < -0.3 is 5.32 Å². The lowest BCUT2D eigenvalue weighted by Gasteiger charge is -2.19. The van der Waals surface area contributed by atoms with E-state index in [2.05, 4.69) is 55.3 Å². The van der Waals surface area contributed by atoms with E-state index >= 15 is 0 Å². The summed E-state index contributed by atoms with van der Waals surface area (Å²) in [5, 5.41) is 4.68. The Bertz CT molecular complexity index is 500. The summed E-state index contributed by atoms with van der Waals surface area (Å²) < 4.78 is 0. The molecule has 4 heteroatoms. The Morgan fingerprint density at radius 2 is 1.95 bits per heavy atom. The average molecular weight is 292 g/mol. The van der Waals surface area contributed by atoms with Crippen molar-refractivity contribution < 1.29 is 0 Å². The number of nitrogens with one attached hydrogen (secondary N) is 1. The van der Waals surface area contributed by atoms with Crippen LogP contribution in [0.1, 0.15) is 30.7 Å². The summed E-state index contributed by atoms with van der Waals surface area (Å²) in [7, 11) is 0. The summed E-state index contributed by atoms with van der Waals surface area (Å²) in [4.78, 5) is 7.09. The predicted octanol–water partition coefficient (Wildman–Crippen LogP) is 4.32. The lowest BCUT2D eigenvalue weighted by atomic mass is 10.1. The van der Waals surface area contributed by atoms with Gasteiger partial charge in [0.15, 0.2) is 0 Å². The summed E-state index contributed by atoms with van der Waals surface area (Å²) >= 11 is 3.64. The van der Waals surface area contributed by atoms with E-state index in [0.717, 1.165) is 12.3 Å². The molecule has 2 rings (SSSR count). The fourth-order valence-corrected chi connectivity index (χ4v) is 3.30. The van der Waals surface area contributed by atoms with Gasteiger partial charge in [-0.25, -0.2) is 4.98 Å². The molecule has 0 aliphatic rings. The van der Waals surface area contributed by atoms with Gasteiger partial charge in [0.1, 0.15) is 5.01 Å². The normalized spacial score (nSPS) is 11.7. The lowest BCUT2D eigenvalue weighted by molar-refractivity contribution is 0.426. The largest absolute Gasteiger partial charge is 0.307 e. The molecule has 0 radical (unpaired) electrons. The van der Waals surface area contributed by atoms with Crippen molar-refractivity contribution in [3.63, 3.8) is 0 Å². The van der Waals surface area contributed by atoms with Crippen LogP contribution in [0.2, 0.25) is 0 Å². The van der Waals surface area contributed by atoms with Crippen LogP contribution in [-0.4, -0.2) is 10.5 Å². The van der Waals surface area contributed by atoms with E-state index in [1.807, 2.05) is 24.0 Å². The van der Waals surface area contributed by atoms with Crippen LogP contribution in [0.25, 0.3) is 0 Å². The SMILES string of the molecule is CC(C)(C)NCc1cnc(CSc2ccccc2)s1. The van der Waals surface area contributed by atoms with E-state index in [1.165, 1.54) is 14.8 Å². The van der Waals surface area contributed by atoms with Gasteiger partial charge in [-0.1, -0.05) is 18.2 Å². The maximum atomic E-state index is 4.49. The molecular formula is C15H20N2S2. The molecule has 1 heterocycles. The van der Waals surface area contributed by atoms with Crippen molar-refractivity contribution in [2.45, 2.75) is 43.5 Å². The van der Waals surface area contributed by atoms with Gasteiger partial charge in [-0.15, -0.1) is 23.1 Å². The van der Waals surface area contributed by atoms with Crippen molar-refractivity contribution in [1.82, 2.24) is 10.3 Å². The highest BCUT2D eigenvalue weighted by Gasteiger charge is 2.10. The summed E-state index contributed by atoms with van der Waals surface area (Å²) in [6, 6.07) is 10.5. The van der Waals surface area contributed by atoms with Crippen LogP contribution in [0.4, 0.5) is 0 Å². The van der Waals surface area contributed by atoms with E-state index < -0.39 is 0 Å². The average Bonchev–Trinajstić information content (AvgIpc) is 2.82. The maximum absolute atomic E-state index is 4.49. The maximum Gasteiger partial charge on any atom is 0.103 e. The number of hydrogen-bond acceptors (Lipinski definition) is 4. The molecule has 0 aliphatic carbocycles. The minimum atomic E-state index is 0.156. The minimum absolute atomic E-state index is 0.156. The Kier molecular flexibility index (Phi) is 5.02. The van der Waals surface area contributed by atoms with Crippen molar-refractivity contribution in [3.05, 3.63) is 46.4 Å². The van der Waals surface area contributed by atoms with Crippen molar-refractivity contribution in [3.8, 4) is 0 Å². The van der Waals surface area contributed by atoms with E-state index in [9.17, 15) is 0 Å². The number of hydrogen-bond donors (Lipinski definition) is 1. The second-order valence-electron chi connectivity index (χ2n) is 5.43. The molecule has 2 nitrogen and oxygen atoms in total. The van der Waals surface area contributed by atoms with Crippen LogP contribution in [0.3, 0.4) is 0 Å². The molecule has 0 spiro atoms. The molecule has 2 aromatic rings. The molecule has 1 N–H and O–H groups in total. The first kappa shape index (κ1) is 14.6. The monoisotopic (exact) mass is 292 g/mol. The number of thiazole rings is 1. The fraction of sp³-hybridized carbons (Fsp3) is 0.400. The second-order valence-corrected chi connectivity index (χ2v) is 7.67. The zero-order chi connectivity index (χ0) is 13.7. The molecule has 0 saturated heterocycles. The standard InChI is InChI=1S/C15H20N2S2/c1-15(2,3)17-10-13-9-16-14(19-13)11-18-12-7-5-4-6-8-12/h4-9,17H,10-11H2,1-3H3. The third kappa shape index (κ3) is 5.35. The zero-order valence-corrected chi connectivity index (χ0v) is 13.3. The molecule has 0 unspecified atom stereocenters. The Morgan fingerprint density at radius 1 is 1.21 bits per heavy atom. The molecule has 102 valence electrons. The molecule has 19 heavy (non-hydrogen) atoms. The molecule has 0 fully saturated rings. The Hall–Kier alpha value is -0.840. The first-order valence-corrected chi connectivity index (χ1v) is 8.19. The molecule has 1 aromatic carbocycles. The molecule has 1 aromatic heterocycles. The first-order chi connectivity index (χ1) is 9.03. The van der Waals surface area contributed by atoms with Gasteiger partial charge in [0, 0.05) is 28.1 Å². The van der Waals surface area contributed by atoms with Crippen molar-refractivity contribution in [2.75, 3.05) is 0 Å². The number of aromatic nitrogens is 1. The van der Waals surface area contributed by atoms with E-state index in [-0.39, 0.29) is 5.54 Å².